The molecule has 0 aromatic heterocycles. The first kappa shape index (κ1) is 11.7. The van der Waals surface area contributed by atoms with E-state index in [1.807, 2.05) is 37.4 Å². The number of amides is 1. The quantitative estimate of drug-likeness (QED) is 0.636. The van der Waals surface area contributed by atoms with Crippen LogP contribution in [-0.4, -0.2) is 13.0 Å². The maximum absolute atomic E-state index is 11.8. The number of anilines is 1. The lowest BCUT2D eigenvalue weighted by Crippen LogP contribution is -2.39. The number of para-hydroxylation sites is 1. The largest absolute Gasteiger partial charge is 0.289 e. The zero-order valence-electron chi connectivity index (χ0n) is 10.1. The van der Waals surface area contributed by atoms with E-state index in [9.17, 15) is 4.79 Å². The first-order valence-electron chi connectivity index (χ1n) is 6.00. The van der Waals surface area contributed by atoms with Crippen molar-refractivity contribution in [2.24, 2.45) is 5.92 Å². The molecule has 3 heteroatoms. The summed E-state index contributed by atoms with van der Waals surface area (Å²) in [5.74, 6) is 0.493. The van der Waals surface area contributed by atoms with Crippen molar-refractivity contribution in [1.82, 2.24) is 5.43 Å². The molecule has 1 aromatic carbocycles. The molecule has 3 nitrogen and oxygen atoms in total. The molecule has 2 rings (SSSR count). The molecule has 0 fully saturated rings. The van der Waals surface area contributed by atoms with E-state index in [1.165, 1.54) is 0 Å². The molecule has 90 valence electrons. The maximum Gasteiger partial charge on any atom is 0.239 e. The van der Waals surface area contributed by atoms with Crippen molar-refractivity contribution in [1.29, 1.82) is 0 Å². The van der Waals surface area contributed by atoms with Crippen LogP contribution in [0.25, 0.3) is 0 Å². The molecule has 0 heterocycles. The van der Waals surface area contributed by atoms with Crippen LogP contribution in [0, 0.1) is 5.92 Å². The van der Waals surface area contributed by atoms with Crippen molar-refractivity contribution >= 4 is 11.6 Å². The second-order valence-electron chi connectivity index (χ2n) is 4.40. The Labute approximate surface area is 102 Å². The van der Waals surface area contributed by atoms with E-state index in [0.29, 0.717) is 12.3 Å². The third kappa shape index (κ3) is 3.34. The van der Waals surface area contributed by atoms with Crippen LogP contribution in [0.3, 0.4) is 0 Å². The summed E-state index contributed by atoms with van der Waals surface area (Å²) in [6, 6.07) is 9.81. The van der Waals surface area contributed by atoms with Gasteiger partial charge in [0.15, 0.2) is 0 Å². The summed E-state index contributed by atoms with van der Waals surface area (Å²) < 4.78 is 0. The molecule has 1 N–H and O–H groups in total. The first-order chi connectivity index (χ1) is 8.25. The Morgan fingerprint density at radius 2 is 2.18 bits per heavy atom. The predicted octanol–water partition coefficient (Wildman–Crippen LogP) is 2.51. The summed E-state index contributed by atoms with van der Waals surface area (Å²) in [4.78, 5) is 11.8. The highest BCUT2D eigenvalue weighted by molar-refractivity contribution is 5.78. The topological polar surface area (TPSA) is 32.3 Å². The van der Waals surface area contributed by atoms with Crippen molar-refractivity contribution in [3.8, 4) is 0 Å². The molecule has 0 aliphatic heterocycles. The van der Waals surface area contributed by atoms with Gasteiger partial charge in [0.1, 0.15) is 0 Å². The number of hydrazine groups is 1. The Hall–Kier alpha value is -1.77. The summed E-state index contributed by atoms with van der Waals surface area (Å²) >= 11 is 0. The van der Waals surface area contributed by atoms with Gasteiger partial charge in [-0.3, -0.25) is 15.2 Å². The van der Waals surface area contributed by atoms with Crippen molar-refractivity contribution in [3.05, 3.63) is 42.5 Å². The molecule has 0 bridgehead atoms. The van der Waals surface area contributed by atoms with Crippen LogP contribution in [0.1, 0.15) is 19.3 Å². The van der Waals surface area contributed by atoms with E-state index >= 15 is 0 Å². The Morgan fingerprint density at radius 3 is 2.82 bits per heavy atom. The Morgan fingerprint density at radius 1 is 1.41 bits per heavy atom. The van der Waals surface area contributed by atoms with Gasteiger partial charge in [0, 0.05) is 13.5 Å². The predicted molar refractivity (Wildman–Crippen MR) is 69.5 cm³/mol. The van der Waals surface area contributed by atoms with Crippen LogP contribution in [0.4, 0.5) is 5.69 Å². The second-order valence-corrected chi connectivity index (χ2v) is 4.40. The van der Waals surface area contributed by atoms with Gasteiger partial charge in [-0.1, -0.05) is 30.4 Å². The fourth-order valence-corrected chi connectivity index (χ4v) is 2.05. The monoisotopic (exact) mass is 230 g/mol. The second kappa shape index (κ2) is 5.53. The molecular formula is C14H18N2O. The minimum Gasteiger partial charge on any atom is -0.289 e. The van der Waals surface area contributed by atoms with Crippen LogP contribution < -0.4 is 10.4 Å². The number of rotatable bonds is 4. The van der Waals surface area contributed by atoms with Crippen molar-refractivity contribution in [2.45, 2.75) is 19.3 Å². The van der Waals surface area contributed by atoms with Crippen LogP contribution in [-0.2, 0) is 4.79 Å². The van der Waals surface area contributed by atoms with Gasteiger partial charge >= 0.3 is 0 Å². The van der Waals surface area contributed by atoms with Gasteiger partial charge in [0.2, 0.25) is 5.91 Å². The molecule has 1 aliphatic carbocycles. The highest BCUT2D eigenvalue weighted by Gasteiger charge is 2.14. The first-order valence-corrected chi connectivity index (χ1v) is 6.00. The molecule has 1 aliphatic rings. The normalized spacial score (nSPS) is 18.1. The molecule has 1 aromatic rings. The maximum atomic E-state index is 11.8. The SMILES string of the molecule is CN(NC(=O)CC1C=CCC1)c1ccccc1. The highest BCUT2D eigenvalue weighted by atomic mass is 16.2. The summed E-state index contributed by atoms with van der Waals surface area (Å²) in [5, 5.41) is 1.76. The van der Waals surface area contributed by atoms with Gasteiger partial charge in [-0.05, 0) is 30.9 Å². The number of hydrogen-bond acceptors (Lipinski definition) is 2. The number of benzene rings is 1. The van der Waals surface area contributed by atoms with Crippen LogP contribution in [0.2, 0.25) is 0 Å². The van der Waals surface area contributed by atoms with E-state index < -0.39 is 0 Å². The van der Waals surface area contributed by atoms with Crippen LogP contribution in [0.5, 0.6) is 0 Å². The number of carbonyl (C=O) groups excluding carboxylic acids is 1. The average molecular weight is 230 g/mol. The number of hydrogen-bond donors (Lipinski definition) is 1. The zero-order valence-corrected chi connectivity index (χ0v) is 10.1. The van der Waals surface area contributed by atoms with Crippen LogP contribution in [0.15, 0.2) is 42.5 Å². The fourth-order valence-electron chi connectivity index (χ4n) is 2.05. The van der Waals surface area contributed by atoms with E-state index in [1.54, 1.807) is 5.01 Å². The third-order valence-corrected chi connectivity index (χ3v) is 3.00. The average Bonchev–Trinajstić information content (AvgIpc) is 2.82. The lowest BCUT2D eigenvalue weighted by Gasteiger charge is -2.21. The van der Waals surface area contributed by atoms with Gasteiger partial charge in [0.25, 0.3) is 0 Å². The number of carbonyl (C=O) groups is 1. The van der Waals surface area contributed by atoms with E-state index in [-0.39, 0.29) is 5.91 Å². The Balaban J connectivity index is 1.84. The van der Waals surface area contributed by atoms with Crippen molar-refractivity contribution in [2.75, 3.05) is 12.1 Å². The number of nitrogens with zero attached hydrogens (tertiary/aromatic N) is 1. The van der Waals surface area contributed by atoms with Gasteiger partial charge in [-0.2, -0.15) is 0 Å². The Bertz CT molecular complexity index is 400. The fraction of sp³-hybridized carbons (Fsp3) is 0.357. The van der Waals surface area contributed by atoms with Crippen molar-refractivity contribution in [3.63, 3.8) is 0 Å². The summed E-state index contributed by atoms with van der Waals surface area (Å²) in [5.41, 5.74) is 3.87. The lowest BCUT2D eigenvalue weighted by molar-refractivity contribution is -0.121. The lowest BCUT2D eigenvalue weighted by atomic mass is 10.1. The van der Waals surface area contributed by atoms with E-state index in [2.05, 4.69) is 17.6 Å². The highest BCUT2D eigenvalue weighted by Crippen LogP contribution is 2.20. The minimum atomic E-state index is 0.0768. The number of allylic oxidation sites excluding steroid dienone is 2. The van der Waals surface area contributed by atoms with Gasteiger partial charge in [0.05, 0.1) is 5.69 Å². The minimum absolute atomic E-state index is 0.0768. The van der Waals surface area contributed by atoms with E-state index in [0.717, 1.165) is 18.5 Å². The number of nitrogens with one attached hydrogen (secondary N) is 1. The molecule has 0 radical (unpaired) electrons. The molecular weight excluding hydrogens is 212 g/mol. The summed E-state index contributed by atoms with van der Waals surface area (Å²) in [6.45, 7) is 0. The van der Waals surface area contributed by atoms with Crippen molar-refractivity contribution < 1.29 is 4.79 Å². The molecule has 17 heavy (non-hydrogen) atoms. The molecule has 1 atom stereocenters. The molecule has 0 saturated carbocycles. The van der Waals surface area contributed by atoms with Crippen LogP contribution >= 0.6 is 0 Å². The summed E-state index contributed by atoms with van der Waals surface area (Å²) in [7, 11) is 1.86. The zero-order chi connectivity index (χ0) is 12.1. The van der Waals surface area contributed by atoms with Gasteiger partial charge in [-0.25, -0.2) is 0 Å². The molecule has 1 unspecified atom stereocenters. The molecule has 0 spiro atoms. The smallest absolute Gasteiger partial charge is 0.239 e. The van der Waals surface area contributed by atoms with Gasteiger partial charge in [-0.15, -0.1) is 0 Å². The molecule has 1 amide bonds. The van der Waals surface area contributed by atoms with E-state index in [4.69, 9.17) is 0 Å². The Kier molecular flexibility index (Phi) is 3.81. The van der Waals surface area contributed by atoms with Gasteiger partial charge < -0.3 is 0 Å². The standard InChI is InChI=1S/C14H18N2O/c1-16(13-9-3-2-4-10-13)15-14(17)11-12-7-5-6-8-12/h2-5,7,9-10,12H,6,8,11H2,1H3,(H,15,17). The summed E-state index contributed by atoms with van der Waals surface area (Å²) in [6.07, 6.45) is 7.07. The third-order valence-electron chi connectivity index (χ3n) is 3.00. The molecule has 0 saturated heterocycles.